The number of hydrogen-bond acceptors (Lipinski definition) is 6. The van der Waals surface area contributed by atoms with E-state index in [1.54, 1.807) is 0 Å². The minimum absolute atomic E-state index is 1.94. The van der Waals surface area contributed by atoms with E-state index >= 15 is 0 Å². The standard InChI is InChI=1S/CH5BrO6P2/c2-1(9(3,4)5)10(6,7)8/h1H,(H2,3,4,5)(H2,6,7,8)/p-4. The molecule has 0 radical (unpaired) electrons. The van der Waals surface area contributed by atoms with Crippen LogP contribution in [0.4, 0.5) is 0 Å². The van der Waals surface area contributed by atoms with Crippen molar-refractivity contribution in [3.05, 3.63) is 0 Å². The van der Waals surface area contributed by atoms with E-state index in [0.29, 0.717) is 0 Å². The summed E-state index contributed by atoms with van der Waals surface area (Å²) in [5.74, 6) is 0. The summed E-state index contributed by atoms with van der Waals surface area (Å²) >= 11 is 1.94. The lowest BCUT2D eigenvalue weighted by atomic mass is 11.9. The van der Waals surface area contributed by atoms with Crippen LogP contribution in [-0.2, 0) is 9.13 Å². The Kier molecular flexibility index (Phi) is 3.26. The van der Waals surface area contributed by atoms with Gasteiger partial charge in [-0.05, 0) is 15.2 Å². The Morgan fingerprint density at radius 2 is 1.20 bits per heavy atom. The molecule has 0 unspecified atom stereocenters. The van der Waals surface area contributed by atoms with Gasteiger partial charge in [0, 0.05) is 0 Å². The molecule has 0 saturated heterocycles. The third-order valence-corrected chi connectivity index (χ3v) is 6.27. The van der Waals surface area contributed by atoms with Crippen LogP contribution in [0.1, 0.15) is 0 Å². The maximum Gasteiger partial charge on any atom is 0.0694 e. The van der Waals surface area contributed by atoms with Gasteiger partial charge in [-0.2, -0.15) is 0 Å². The van der Waals surface area contributed by atoms with Crippen molar-refractivity contribution in [1.29, 1.82) is 0 Å². The molecule has 0 rings (SSSR count). The van der Waals surface area contributed by atoms with E-state index in [2.05, 4.69) is 0 Å². The SMILES string of the molecule is O=P([O-])([O-])C(Br)P(=O)([O-])[O-]. The Balaban J connectivity index is 4.56. The number of alkyl halides is 1. The van der Waals surface area contributed by atoms with E-state index in [0.717, 1.165) is 0 Å². The molecule has 6 nitrogen and oxygen atoms in total. The molecule has 0 aliphatic carbocycles. The van der Waals surface area contributed by atoms with Crippen molar-refractivity contribution in [2.75, 3.05) is 0 Å². The summed E-state index contributed by atoms with van der Waals surface area (Å²) in [7, 11) is -10.7. The van der Waals surface area contributed by atoms with E-state index in [4.69, 9.17) is 0 Å². The normalized spacial score (nSPS) is 14.2. The van der Waals surface area contributed by atoms with Crippen molar-refractivity contribution in [3.63, 3.8) is 0 Å². The highest BCUT2D eigenvalue weighted by molar-refractivity contribution is 9.11. The molecule has 9 heteroatoms. The predicted molar refractivity (Wildman–Crippen MR) is 27.9 cm³/mol. The van der Waals surface area contributed by atoms with Crippen molar-refractivity contribution in [1.82, 2.24) is 0 Å². The first-order chi connectivity index (χ1) is 4.15. The lowest BCUT2D eigenvalue weighted by molar-refractivity contribution is -0.326. The second-order valence-electron chi connectivity index (χ2n) is 1.39. The molecule has 0 atom stereocenters. The van der Waals surface area contributed by atoms with Gasteiger partial charge in [0.15, 0.2) is 0 Å². The van der Waals surface area contributed by atoms with Crippen molar-refractivity contribution < 1.29 is 28.7 Å². The molecule has 0 bridgehead atoms. The van der Waals surface area contributed by atoms with Gasteiger partial charge in [0.1, 0.15) is 0 Å². The molecule has 10 heavy (non-hydrogen) atoms. The molecule has 0 fully saturated rings. The highest BCUT2D eigenvalue weighted by Crippen LogP contribution is 2.53. The molecule has 0 aliphatic rings. The van der Waals surface area contributed by atoms with Crippen LogP contribution >= 0.6 is 31.1 Å². The van der Waals surface area contributed by atoms with Gasteiger partial charge >= 0.3 is 0 Å². The molecular weight excluding hydrogens is 250 g/mol. The Morgan fingerprint density at radius 1 is 1.00 bits per heavy atom. The monoisotopic (exact) mass is 250 g/mol. The van der Waals surface area contributed by atoms with Gasteiger partial charge < -0.3 is 28.7 Å². The van der Waals surface area contributed by atoms with Gasteiger partial charge in [-0.1, -0.05) is 15.9 Å². The van der Waals surface area contributed by atoms with Crippen LogP contribution in [-0.4, -0.2) is 4.31 Å². The van der Waals surface area contributed by atoms with Crippen LogP contribution in [0.3, 0.4) is 0 Å². The van der Waals surface area contributed by atoms with Crippen molar-refractivity contribution in [2.24, 2.45) is 0 Å². The minimum Gasteiger partial charge on any atom is -0.810 e. The number of hydrogen-bond donors (Lipinski definition) is 0. The summed E-state index contributed by atoms with van der Waals surface area (Å²) in [6.07, 6.45) is 0. The van der Waals surface area contributed by atoms with Gasteiger partial charge in [-0.15, -0.1) is 0 Å². The highest BCUT2D eigenvalue weighted by atomic mass is 79.9. The lowest BCUT2D eigenvalue weighted by Crippen LogP contribution is -2.30. The van der Waals surface area contributed by atoms with Gasteiger partial charge in [-0.3, -0.25) is 0 Å². The third kappa shape index (κ3) is 3.25. The van der Waals surface area contributed by atoms with E-state index in [9.17, 15) is 28.7 Å². The fourth-order valence-corrected chi connectivity index (χ4v) is 1.56. The fraction of sp³-hybridized carbons (Fsp3) is 1.00. The number of rotatable bonds is 2. The molecule has 0 spiro atoms. The van der Waals surface area contributed by atoms with Crippen LogP contribution in [0.2, 0.25) is 0 Å². The first-order valence-electron chi connectivity index (χ1n) is 1.83. The zero-order valence-electron chi connectivity index (χ0n) is 4.30. The van der Waals surface area contributed by atoms with Crippen molar-refractivity contribution >= 4 is 31.1 Å². The molecular formula is CHBrO6P2-4. The zero-order valence-corrected chi connectivity index (χ0v) is 7.67. The third-order valence-electron chi connectivity index (χ3n) is 0.522. The Labute approximate surface area is 64.7 Å². The van der Waals surface area contributed by atoms with Gasteiger partial charge in [0.25, 0.3) is 0 Å². The molecule has 0 saturated carbocycles. The van der Waals surface area contributed by atoms with E-state index in [-0.39, 0.29) is 0 Å². The number of halogens is 1. The molecule has 0 heterocycles. The summed E-state index contributed by atoms with van der Waals surface area (Å²) in [5.41, 5.74) is 0. The summed E-state index contributed by atoms with van der Waals surface area (Å²) < 4.78 is 17.1. The molecule has 0 amide bonds. The summed E-state index contributed by atoms with van der Waals surface area (Å²) in [4.78, 5) is 39.3. The second kappa shape index (κ2) is 3.03. The average Bonchev–Trinajstić information content (AvgIpc) is 1.59. The van der Waals surface area contributed by atoms with Gasteiger partial charge in [0.2, 0.25) is 0 Å². The smallest absolute Gasteiger partial charge is 0.0694 e. The van der Waals surface area contributed by atoms with E-state index in [1.807, 2.05) is 15.9 Å². The van der Waals surface area contributed by atoms with Crippen LogP contribution < -0.4 is 19.6 Å². The maximum atomic E-state index is 9.83. The molecule has 62 valence electrons. The molecule has 0 aromatic carbocycles. The lowest BCUT2D eigenvalue weighted by Gasteiger charge is -2.45. The molecule has 0 aromatic heterocycles. The molecule has 0 aromatic rings. The van der Waals surface area contributed by atoms with Crippen LogP contribution in [0.5, 0.6) is 0 Å². The molecule has 0 N–H and O–H groups in total. The van der Waals surface area contributed by atoms with Crippen molar-refractivity contribution in [3.8, 4) is 0 Å². The van der Waals surface area contributed by atoms with Crippen LogP contribution in [0.15, 0.2) is 0 Å². The van der Waals surface area contributed by atoms with E-state index < -0.39 is 19.5 Å². The topological polar surface area (TPSA) is 126 Å². The summed E-state index contributed by atoms with van der Waals surface area (Å²) in [6.45, 7) is 0. The Morgan fingerprint density at radius 3 is 1.20 bits per heavy atom. The van der Waals surface area contributed by atoms with E-state index in [1.165, 1.54) is 0 Å². The maximum absolute atomic E-state index is 9.83. The minimum atomic E-state index is -5.35. The first-order valence-corrected chi connectivity index (χ1v) is 5.97. The Bertz CT molecular complexity index is 178. The quantitative estimate of drug-likeness (QED) is 0.394. The average molecular weight is 251 g/mol. The van der Waals surface area contributed by atoms with Crippen LogP contribution in [0, 0.1) is 0 Å². The first kappa shape index (κ1) is 10.8. The summed E-state index contributed by atoms with van der Waals surface area (Å²) in [6, 6.07) is 0. The van der Waals surface area contributed by atoms with Gasteiger partial charge in [-0.25, -0.2) is 0 Å². The second-order valence-corrected chi connectivity index (χ2v) is 7.32. The van der Waals surface area contributed by atoms with Crippen molar-refractivity contribution in [2.45, 2.75) is 4.31 Å². The predicted octanol–water partition coefficient (Wildman–Crippen LogP) is -2.51. The van der Waals surface area contributed by atoms with Gasteiger partial charge in [0.05, 0.1) is 4.31 Å². The van der Waals surface area contributed by atoms with Crippen LogP contribution in [0.25, 0.3) is 0 Å². The summed E-state index contributed by atoms with van der Waals surface area (Å²) in [5, 5.41) is 0. The Hall–Kier alpha value is 0.780. The fourth-order valence-electron chi connectivity index (χ4n) is 0.173. The largest absolute Gasteiger partial charge is 0.810 e. The highest BCUT2D eigenvalue weighted by Gasteiger charge is 2.11. The zero-order chi connectivity index (χ0) is 8.58. The molecule has 0 aliphatic heterocycles.